The molecule has 0 amide bonds. The Morgan fingerprint density at radius 1 is 1.19 bits per heavy atom. The Balaban J connectivity index is 1.64. The number of imidazole rings is 1. The van der Waals surface area contributed by atoms with Gasteiger partial charge in [-0.15, -0.1) is 0 Å². The number of aliphatic hydroxyl groups excluding tert-OH is 1. The molecular weight excluding hydrogens is 367 g/mol. The number of aliphatic hydroxyl groups is 1. The van der Waals surface area contributed by atoms with E-state index in [1.807, 2.05) is 28.8 Å². The highest BCUT2D eigenvalue weighted by molar-refractivity contribution is 7.91. The van der Waals surface area contributed by atoms with Crippen LogP contribution in [0.25, 0.3) is 11.0 Å². The topological polar surface area (TPSA) is 72.2 Å². The van der Waals surface area contributed by atoms with Crippen molar-refractivity contribution in [3.63, 3.8) is 0 Å². The minimum absolute atomic E-state index is 0.0496. The Kier molecular flexibility index (Phi) is 4.74. The third-order valence-electron chi connectivity index (χ3n) is 5.14. The summed E-state index contributed by atoms with van der Waals surface area (Å²) in [7, 11) is -2.95. The van der Waals surface area contributed by atoms with Crippen LogP contribution >= 0.6 is 0 Å². The van der Waals surface area contributed by atoms with E-state index in [1.165, 1.54) is 12.1 Å². The van der Waals surface area contributed by atoms with Gasteiger partial charge >= 0.3 is 0 Å². The third kappa shape index (κ3) is 3.89. The average Bonchev–Trinajstić information content (AvgIpc) is 3.15. The van der Waals surface area contributed by atoms with E-state index in [0.29, 0.717) is 18.4 Å². The lowest BCUT2D eigenvalue weighted by molar-refractivity contribution is 0.156. The fourth-order valence-corrected chi connectivity index (χ4v) is 5.60. The molecule has 1 N–H and O–H groups in total. The first-order chi connectivity index (χ1) is 12.9. The summed E-state index contributed by atoms with van der Waals surface area (Å²) in [6, 6.07) is 13.5. The Hall–Kier alpha value is -2.25. The van der Waals surface area contributed by atoms with E-state index < -0.39 is 15.9 Å². The lowest BCUT2D eigenvalue weighted by Crippen LogP contribution is -2.15. The van der Waals surface area contributed by atoms with E-state index in [4.69, 9.17) is 0 Å². The SMILES string of the molecule is O=S1(=O)CCC(Cc2nc3ccccc3n2CC(O)c2ccc(F)cc2)C1. The van der Waals surface area contributed by atoms with Crippen molar-refractivity contribution >= 4 is 20.9 Å². The van der Waals surface area contributed by atoms with Crippen molar-refractivity contribution in [1.29, 1.82) is 0 Å². The minimum atomic E-state index is -2.95. The normalized spacial score (nSPS) is 20.1. The average molecular weight is 388 g/mol. The molecule has 2 atom stereocenters. The molecule has 7 heteroatoms. The van der Waals surface area contributed by atoms with Crippen molar-refractivity contribution in [2.24, 2.45) is 5.92 Å². The van der Waals surface area contributed by atoms with Gasteiger partial charge in [-0.1, -0.05) is 24.3 Å². The van der Waals surface area contributed by atoms with Gasteiger partial charge in [-0.2, -0.15) is 0 Å². The zero-order valence-electron chi connectivity index (χ0n) is 14.8. The van der Waals surface area contributed by atoms with Crippen molar-refractivity contribution in [1.82, 2.24) is 9.55 Å². The van der Waals surface area contributed by atoms with Crippen LogP contribution in [0.4, 0.5) is 4.39 Å². The molecule has 4 rings (SSSR count). The maximum absolute atomic E-state index is 13.1. The lowest BCUT2D eigenvalue weighted by atomic mass is 10.0. The summed E-state index contributed by atoms with van der Waals surface area (Å²) in [6.45, 7) is 0.279. The van der Waals surface area contributed by atoms with Crippen LogP contribution < -0.4 is 0 Å². The predicted molar refractivity (Wildman–Crippen MR) is 102 cm³/mol. The Bertz CT molecular complexity index is 1060. The van der Waals surface area contributed by atoms with Crippen molar-refractivity contribution in [2.75, 3.05) is 11.5 Å². The molecule has 3 aromatic rings. The number of para-hydroxylation sites is 2. The number of fused-ring (bicyclic) bond motifs is 1. The van der Waals surface area contributed by atoms with E-state index in [2.05, 4.69) is 4.98 Å². The molecule has 0 aliphatic carbocycles. The highest BCUT2D eigenvalue weighted by Crippen LogP contribution is 2.27. The lowest BCUT2D eigenvalue weighted by Gasteiger charge is -2.16. The van der Waals surface area contributed by atoms with Gasteiger partial charge in [0.25, 0.3) is 0 Å². The summed E-state index contributed by atoms with van der Waals surface area (Å²) in [5.74, 6) is 0.905. The van der Waals surface area contributed by atoms with Gasteiger partial charge in [-0.05, 0) is 42.2 Å². The third-order valence-corrected chi connectivity index (χ3v) is 6.98. The molecule has 1 fully saturated rings. The second-order valence-corrected chi connectivity index (χ2v) is 9.40. The van der Waals surface area contributed by atoms with Crippen LogP contribution in [0, 0.1) is 11.7 Å². The Morgan fingerprint density at radius 3 is 2.63 bits per heavy atom. The van der Waals surface area contributed by atoms with Crippen molar-refractivity contribution in [3.05, 3.63) is 65.7 Å². The van der Waals surface area contributed by atoms with E-state index in [-0.39, 0.29) is 29.8 Å². The summed E-state index contributed by atoms with van der Waals surface area (Å²) in [5, 5.41) is 10.6. The van der Waals surface area contributed by atoms with Gasteiger partial charge in [0.1, 0.15) is 11.6 Å². The van der Waals surface area contributed by atoms with E-state index in [0.717, 1.165) is 16.9 Å². The van der Waals surface area contributed by atoms with Crippen LogP contribution in [-0.2, 0) is 22.8 Å². The van der Waals surface area contributed by atoms with Gasteiger partial charge < -0.3 is 9.67 Å². The maximum atomic E-state index is 13.1. The first-order valence-corrected chi connectivity index (χ1v) is 10.8. The Labute approximate surface area is 157 Å². The standard InChI is InChI=1S/C20H21FN2O3S/c21-16-7-5-15(6-8-16)19(24)12-23-18-4-2-1-3-17(18)22-20(23)11-14-9-10-27(25,26)13-14/h1-8,14,19,24H,9-13H2. The number of rotatable bonds is 5. The smallest absolute Gasteiger partial charge is 0.150 e. The molecule has 27 heavy (non-hydrogen) atoms. The second-order valence-electron chi connectivity index (χ2n) is 7.17. The molecule has 2 heterocycles. The van der Waals surface area contributed by atoms with Crippen LogP contribution in [0.15, 0.2) is 48.5 Å². The molecule has 1 saturated heterocycles. The summed E-state index contributed by atoms with van der Waals surface area (Å²) in [4.78, 5) is 4.68. The van der Waals surface area contributed by atoms with Crippen molar-refractivity contribution in [3.8, 4) is 0 Å². The molecule has 0 saturated carbocycles. The second kappa shape index (κ2) is 7.05. The fourth-order valence-electron chi connectivity index (χ4n) is 3.74. The van der Waals surface area contributed by atoms with Crippen LogP contribution in [0.2, 0.25) is 0 Å². The number of sulfone groups is 1. The summed E-state index contributed by atoms with van der Waals surface area (Å²) in [6.07, 6.45) is 0.394. The first kappa shape index (κ1) is 18.1. The number of aromatic nitrogens is 2. The molecule has 5 nitrogen and oxygen atoms in total. The molecule has 1 aliphatic heterocycles. The zero-order valence-corrected chi connectivity index (χ0v) is 15.6. The monoisotopic (exact) mass is 388 g/mol. The molecule has 2 aromatic carbocycles. The van der Waals surface area contributed by atoms with Crippen molar-refractivity contribution < 1.29 is 17.9 Å². The van der Waals surface area contributed by atoms with Gasteiger partial charge in [0.15, 0.2) is 9.84 Å². The predicted octanol–water partition coefficient (Wildman–Crippen LogP) is 2.89. The number of hydrogen-bond acceptors (Lipinski definition) is 4. The first-order valence-electron chi connectivity index (χ1n) is 8.99. The van der Waals surface area contributed by atoms with Crippen LogP contribution in [0.5, 0.6) is 0 Å². The number of hydrogen-bond donors (Lipinski definition) is 1. The van der Waals surface area contributed by atoms with Gasteiger partial charge in [-0.3, -0.25) is 0 Å². The molecule has 2 unspecified atom stereocenters. The van der Waals surface area contributed by atoms with Gasteiger partial charge in [0.05, 0.1) is 35.2 Å². The van der Waals surface area contributed by atoms with Crippen LogP contribution in [-0.4, -0.2) is 34.6 Å². The maximum Gasteiger partial charge on any atom is 0.150 e. The van der Waals surface area contributed by atoms with Crippen LogP contribution in [0.1, 0.15) is 23.9 Å². The highest BCUT2D eigenvalue weighted by atomic mass is 32.2. The zero-order chi connectivity index (χ0) is 19.0. The summed E-state index contributed by atoms with van der Waals surface area (Å²) in [5.41, 5.74) is 2.35. The van der Waals surface area contributed by atoms with Crippen LogP contribution in [0.3, 0.4) is 0 Å². The largest absolute Gasteiger partial charge is 0.387 e. The van der Waals surface area contributed by atoms with E-state index >= 15 is 0 Å². The molecular formula is C20H21FN2O3S. The minimum Gasteiger partial charge on any atom is -0.387 e. The van der Waals surface area contributed by atoms with E-state index in [1.54, 1.807) is 12.1 Å². The number of nitrogens with zero attached hydrogens (tertiary/aromatic N) is 2. The molecule has 1 aromatic heterocycles. The number of benzene rings is 2. The summed E-state index contributed by atoms with van der Waals surface area (Å²) >= 11 is 0. The fraction of sp³-hybridized carbons (Fsp3) is 0.350. The van der Waals surface area contributed by atoms with Gasteiger partial charge in [0, 0.05) is 6.42 Å². The number of halogens is 1. The molecule has 1 aliphatic rings. The van der Waals surface area contributed by atoms with Crippen molar-refractivity contribution in [2.45, 2.75) is 25.5 Å². The van der Waals surface area contributed by atoms with E-state index in [9.17, 15) is 17.9 Å². The molecule has 0 bridgehead atoms. The van der Waals surface area contributed by atoms with Gasteiger partial charge in [0.2, 0.25) is 0 Å². The Morgan fingerprint density at radius 2 is 1.93 bits per heavy atom. The molecule has 0 spiro atoms. The summed E-state index contributed by atoms with van der Waals surface area (Å²) < 4.78 is 38.7. The van der Waals surface area contributed by atoms with Gasteiger partial charge in [-0.25, -0.2) is 17.8 Å². The quantitative estimate of drug-likeness (QED) is 0.730. The molecule has 142 valence electrons. The highest BCUT2D eigenvalue weighted by Gasteiger charge is 2.29. The molecule has 0 radical (unpaired) electrons.